The molecule has 0 unspecified atom stereocenters. The molecule has 0 aliphatic rings. The summed E-state index contributed by atoms with van der Waals surface area (Å²) in [6.07, 6.45) is 1.62. The third-order valence-electron chi connectivity index (χ3n) is 3.56. The lowest BCUT2D eigenvalue weighted by molar-refractivity contribution is -0.146. The number of fused-ring (bicyclic) bond motifs is 1. The minimum atomic E-state index is -0.471. The summed E-state index contributed by atoms with van der Waals surface area (Å²) in [5, 5.41) is 4.88. The first-order valence-electron chi connectivity index (χ1n) is 7.65. The molecule has 1 N–H and O–H groups in total. The molecule has 0 spiro atoms. The molecule has 25 heavy (non-hydrogen) atoms. The number of anilines is 1. The second kappa shape index (κ2) is 7.77. The average molecular weight is 355 g/mol. The van der Waals surface area contributed by atoms with Crippen LogP contribution in [-0.4, -0.2) is 23.5 Å². The van der Waals surface area contributed by atoms with Crippen LogP contribution in [0.3, 0.4) is 0 Å². The van der Waals surface area contributed by atoms with E-state index in [0.29, 0.717) is 5.69 Å². The molecule has 0 atom stereocenters. The molecular weight excluding hydrogens is 340 g/mol. The van der Waals surface area contributed by atoms with Gasteiger partial charge in [-0.15, -0.1) is 0 Å². The Labute approximate surface area is 149 Å². The van der Waals surface area contributed by atoms with Crippen molar-refractivity contribution < 1.29 is 14.3 Å². The number of aromatic nitrogens is 1. The van der Waals surface area contributed by atoms with Gasteiger partial charge in [0.25, 0.3) is 5.91 Å². The number of esters is 1. The van der Waals surface area contributed by atoms with Crippen molar-refractivity contribution >= 4 is 39.9 Å². The Morgan fingerprint density at radius 3 is 2.64 bits per heavy atom. The van der Waals surface area contributed by atoms with Crippen LogP contribution in [0.15, 0.2) is 60.8 Å². The Hall–Kier alpha value is -2.92. The van der Waals surface area contributed by atoms with Crippen LogP contribution in [0.2, 0.25) is 5.15 Å². The number of benzene rings is 2. The fourth-order valence-electron chi connectivity index (χ4n) is 2.38. The van der Waals surface area contributed by atoms with E-state index in [2.05, 4.69) is 10.3 Å². The number of halogens is 1. The van der Waals surface area contributed by atoms with Crippen LogP contribution in [0.1, 0.15) is 5.56 Å². The topological polar surface area (TPSA) is 68.3 Å². The standard InChI is InChI=1S/C19H15ClN2O3/c20-19-16(6-3-9-21-19)22-17(23)12-25-18(24)11-13-7-8-14-4-1-2-5-15(14)10-13/h1-10H,11-12H2,(H,22,23). The number of nitrogens with one attached hydrogen (secondary N) is 1. The Kier molecular flexibility index (Phi) is 5.26. The lowest BCUT2D eigenvalue weighted by Crippen LogP contribution is -2.21. The van der Waals surface area contributed by atoms with Gasteiger partial charge in [-0.2, -0.15) is 0 Å². The van der Waals surface area contributed by atoms with Crippen molar-refractivity contribution in [2.75, 3.05) is 11.9 Å². The lowest BCUT2D eigenvalue weighted by Gasteiger charge is -2.08. The zero-order chi connectivity index (χ0) is 17.6. The number of ether oxygens (including phenoxy) is 1. The number of carbonyl (C=O) groups excluding carboxylic acids is 2. The third-order valence-corrected chi connectivity index (χ3v) is 3.86. The molecule has 3 aromatic rings. The summed E-state index contributed by atoms with van der Waals surface area (Å²) in [6, 6.07) is 16.9. The van der Waals surface area contributed by atoms with Crippen LogP contribution in [0.5, 0.6) is 0 Å². The van der Waals surface area contributed by atoms with Crippen molar-refractivity contribution in [3.63, 3.8) is 0 Å². The van der Waals surface area contributed by atoms with Gasteiger partial charge in [0, 0.05) is 6.20 Å². The second-order valence-corrected chi connectivity index (χ2v) is 5.77. The molecule has 6 heteroatoms. The van der Waals surface area contributed by atoms with Crippen molar-refractivity contribution in [3.05, 3.63) is 71.5 Å². The predicted molar refractivity (Wildman–Crippen MR) is 96.5 cm³/mol. The summed E-state index contributed by atoms with van der Waals surface area (Å²) in [6.45, 7) is -0.377. The molecule has 1 amide bonds. The summed E-state index contributed by atoms with van der Waals surface area (Å²) in [4.78, 5) is 27.6. The fourth-order valence-corrected chi connectivity index (χ4v) is 2.54. The Morgan fingerprint density at radius 1 is 1.04 bits per heavy atom. The Bertz CT molecular complexity index is 927. The number of hydrogen-bond acceptors (Lipinski definition) is 4. The number of hydrogen-bond donors (Lipinski definition) is 1. The maximum atomic E-state index is 11.9. The first-order valence-corrected chi connectivity index (χ1v) is 8.03. The number of nitrogens with zero attached hydrogens (tertiary/aromatic N) is 1. The molecule has 3 rings (SSSR count). The molecule has 1 heterocycles. The van der Waals surface area contributed by atoms with E-state index in [1.807, 2.05) is 42.5 Å². The third kappa shape index (κ3) is 4.55. The molecular formula is C19H15ClN2O3. The van der Waals surface area contributed by atoms with Crippen LogP contribution in [0.4, 0.5) is 5.69 Å². The zero-order valence-electron chi connectivity index (χ0n) is 13.2. The first kappa shape index (κ1) is 16.9. The van der Waals surface area contributed by atoms with E-state index >= 15 is 0 Å². The van der Waals surface area contributed by atoms with E-state index in [-0.39, 0.29) is 18.2 Å². The van der Waals surface area contributed by atoms with Crippen molar-refractivity contribution in [3.8, 4) is 0 Å². The van der Waals surface area contributed by atoms with E-state index in [1.54, 1.807) is 12.1 Å². The second-order valence-electron chi connectivity index (χ2n) is 5.41. The molecule has 0 fully saturated rings. The van der Waals surface area contributed by atoms with Gasteiger partial charge in [0.15, 0.2) is 11.8 Å². The average Bonchev–Trinajstić information content (AvgIpc) is 2.62. The molecule has 2 aromatic carbocycles. The highest BCUT2D eigenvalue weighted by molar-refractivity contribution is 6.32. The van der Waals surface area contributed by atoms with Gasteiger partial charge in [0.1, 0.15) is 0 Å². The summed E-state index contributed by atoms with van der Waals surface area (Å²) in [7, 11) is 0. The van der Waals surface area contributed by atoms with Crippen molar-refractivity contribution in [2.24, 2.45) is 0 Å². The van der Waals surface area contributed by atoms with Crippen LogP contribution in [0, 0.1) is 0 Å². The van der Waals surface area contributed by atoms with Gasteiger partial charge in [0.2, 0.25) is 0 Å². The zero-order valence-corrected chi connectivity index (χ0v) is 14.0. The van der Waals surface area contributed by atoms with Crippen molar-refractivity contribution in [1.29, 1.82) is 0 Å². The summed E-state index contributed by atoms with van der Waals surface area (Å²) >= 11 is 5.85. The molecule has 0 radical (unpaired) electrons. The highest BCUT2D eigenvalue weighted by Gasteiger charge is 2.11. The van der Waals surface area contributed by atoms with Gasteiger partial charge in [-0.1, -0.05) is 54.1 Å². The largest absolute Gasteiger partial charge is 0.455 e. The van der Waals surface area contributed by atoms with E-state index in [9.17, 15) is 9.59 Å². The quantitative estimate of drug-likeness (QED) is 0.561. The molecule has 0 saturated carbocycles. The molecule has 0 aliphatic carbocycles. The van der Waals surface area contributed by atoms with Gasteiger partial charge in [-0.05, 0) is 28.5 Å². The van der Waals surface area contributed by atoms with Crippen LogP contribution < -0.4 is 5.32 Å². The lowest BCUT2D eigenvalue weighted by atomic mass is 10.1. The van der Waals surface area contributed by atoms with Crippen molar-refractivity contribution in [1.82, 2.24) is 4.98 Å². The minimum absolute atomic E-state index is 0.103. The maximum Gasteiger partial charge on any atom is 0.310 e. The van der Waals surface area contributed by atoms with Crippen LogP contribution in [0.25, 0.3) is 10.8 Å². The van der Waals surface area contributed by atoms with Gasteiger partial charge in [0.05, 0.1) is 12.1 Å². The molecule has 126 valence electrons. The molecule has 5 nitrogen and oxygen atoms in total. The summed E-state index contributed by atoms with van der Waals surface area (Å²) in [5.41, 5.74) is 1.21. The van der Waals surface area contributed by atoms with Gasteiger partial charge in [-0.25, -0.2) is 4.98 Å². The Balaban J connectivity index is 1.53. The monoisotopic (exact) mass is 354 g/mol. The highest BCUT2D eigenvalue weighted by atomic mass is 35.5. The smallest absolute Gasteiger partial charge is 0.310 e. The molecule has 0 saturated heterocycles. The van der Waals surface area contributed by atoms with E-state index < -0.39 is 11.9 Å². The molecule has 1 aromatic heterocycles. The van der Waals surface area contributed by atoms with Crippen LogP contribution >= 0.6 is 11.6 Å². The number of pyridine rings is 1. The fraction of sp³-hybridized carbons (Fsp3) is 0.105. The maximum absolute atomic E-state index is 11.9. The Morgan fingerprint density at radius 2 is 1.84 bits per heavy atom. The van der Waals surface area contributed by atoms with Gasteiger partial charge >= 0.3 is 5.97 Å². The minimum Gasteiger partial charge on any atom is -0.455 e. The normalized spacial score (nSPS) is 10.4. The van der Waals surface area contributed by atoms with Gasteiger partial charge in [-0.3, -0.25) is 9.59 Å². The summed E-state index contributed by atoms with van der Waals surface area (Å²) in [5.74, 6) is -0.940. The molecule has 0 aliphatic heterocycles. The molecule has 0 bridgehead atoms. The number of amides is 1. The summed E-state index contributed by atoms with van der Waals surface area (Å²) < 4.78 is 5.02. The van der Waals surface area contributed by atoms with E-state index in [1.165, 1.54) is 6.20 Å². The van der Waals surface area contributed by atoms with Crippen molar-refractivity contribution in [2.45, 2.75) is 6.42 Å². The predicted octanol–water partition coefficient (Wildman–Crippen LogP) is 3.61. The van der Waals surface area contributed by atoms with Gasteiger partial charge < -0.3 is 10.1 Å². The van der Waals surface area contributed by atoms with E-state index in [4.69, 9.17) is 16.3 Å². The number of carbonyl (C=O) groups is 2. The van der Waals surface area contributed by atoms with Crippen LogP contribution in [-0.2, 0) is 20.7 Å². The SMILES string of the molecule is O=C(COC(=O)Cc1ccc2ccccc2c1)Nc1cccnc1Cl. The first-order chi connectivity index (χ1) is 12.1. The number of rotatable bonds is 5. The van der Waals surface area contributed by atoms with E-state index in [0.717, 1.165) is 16.3 Å². The highest BCUT2D eigenvalue weighted by Crippen LogP contribution is 2.18.